The first-order valence-electron chi connectivity index (χ1n) is 9.76. The van der Waals surface area contributed by atoms with Gasteiger partial charge in [0.2, 0.25) is 5.88 Å². The van der Waals surface area contributed by atoms with E-state index in [1.54, 1.807) is 13.2 Å². The third-order valence-corrected chi connectivity index (χ3v) is 5.07. The van der Waals surface area contributed by atoms with E-state index in [1.165, 1.54) is 10.1 Å². The maximum atomic E-state index is 12.7. The van der Waals surface area contributed by atoms with Gasteiger partial charge in [0.05, 0.1) is 18.1 Å². The molecule has 1 aromatic carbocycles. The molecule has 0 unspecified atom stereocenters. The summed E-state index contributed by atoms with van der Waals surface area (Å²) in [5.74, 6) is 2.15. The molecule has 0 saturated carbocycles. The van der Waals surface area contributed by atoms with Gasteiger partial charge in [-0.1, -0.05) is 20.8 Å². The molecule has 0 bridgehead atoms. The molecule has 0 aliphatic heterocycles. The third kappa shape index (κ3) is 3.33. The molecular formula is C22H25N5O2. The second-order valence-corrected chi connectivity index (χ2v) is 7.51. The van der Waals surface area contributed by atoms with Crippen molar-refractivity contribution in [3.8, 4) is 22.9 Å². The minimum Gasteiger partial charge on any atom is -0.439 e. The van der Waals surface area contributed by atoms with E-state index in [-0.39, 0.29) is 11.5 Å². The first-order chi connectivity index (χ1) is 13.9. The number of aromatic nitrogens is 5. The van der Waals surface area contributed by atoms with Gasteiger partial charge in [-0.15, -0.1) is 0 Å². The average Bonchev–Trinajstić information content (AvgIpc) is 3.30. The first kappa shape index (κ1) is 19.0. The number of rotatable bonds is 5. The Balaban J connectivity index is 1.69. The van der Waals surface area contributed by atoms with Gasteiger partial charge in [-0.2, -0.15) is 5.10 Å². The standard InChI is InChI=1S/C22H25N5O2/c1-6-15-12-25(4)24-20(15)16-7-9-17(10-8-16)29-19-13-27-18(22(28)26(19)5)11-23-21(27)14(2)3/h7-14H,6H2,1-5H3. The summed E-state index contributed by atoms with van der Waals surface area (Å²) >= 11 is 0. The highest BCUT2D eigenvalue weighted by atomic mass is 16.5. The number of aryl methyl sites for hydroxylation is 2. The average molecular weight is 391 g/mol. The second-order valence-electron chi connectivity index (χ2n) is 7.51. The van der Waals surface area contributed by atoms with Crippen molar-refractivity contribution in [2.45, 2.75) is 33.1 Å². The predicted octanol–water partition coefficient (Wildman–Crippen LogP) is 3.91. The molecule has 4 aromatic rings. The molecule has 150 valence electrons. The van der Waals surface area contributed by atoms with Crippen LogP contribution in [0.3, 0.4) is 0 Å². The van der Waals surface area contributed by atoms with E-state index in [4.69, 9.17) is 4.74 Å². The van der Waals surface area contributed by atoms with Crippen LogP contribution < -0.4 is 10.3 Å². The lowest BCUT2D eigenvalue weighted by Crippen LogP contribution is -2.20. The van der Waals surface area contributed by atoms with Gasteiger partial charge in [0.15, 0.2) is 0 Å². The summed E-state index contributed by atoms with van der Waals surface area (Å²) in [6.45, 7) is 6.22. The lowest BCUT2D eigenvalue weighted by atomic mass is 10.1. The van der Waals surface area contributed by atoms with Crippen molar-refractivity contribution in [1.29, 1.82) is 0 Å². The molecule has 0 saturated heterocycles. The Hall–Kier alpha value is -3.35. The largest absolute Gasteiger partial charge is 0.439 e. The molecule has 0 fully saturated rings. The van der Waals surface area contributed by atoms with E-state index in [2.05, 4.69) is 17.0 Å². The molecule has 3 aromatic heterocycles. The van der Waals surface area contributed by atoms with Crippen molar-refractivity contribution in [3.63, 3.8) is 0 Å². The Bertz CT molecular complexity index is 1230. The van der Waals surface area contributed by atoms with E-state index in [0.29, 0.717) is 17.1 Å². The van der Waals surface area contributed by atoms with Gasteiger partial charge in [-0.3, -0.25) is 18.4 Å². The first-order valence-corrected chi connectivity index (χ1v) is 9.76. The molecule has 3 heterocycles. The monoisotopic (exact) mass is 391 g/mol. The Labute approximate surface area is 169 Å². The van der Waals surface area contributed by atoms with Crippen LogP contribution in [0, 0.1) is 0 Å². The van der Waals surface area contributed by atoms with E-state index in [9.17, 15) is 4.79 Å². The summed E-state index contributed by atoms with van der Waals surface area (Å²) in [6, 6.07) is 7.78. The fourth-order valence-electron chi connectivity index (χ4n) is 3.50. The van der Waals surface area contributed by atoms with Crippen molar-refractivity contribution in [1.82, 2.24) is 23.7 Å². The topological polar surface area (TPSA) is 66.3 Å². The van der Waals surface area contributed by atoms with Gasteiger partial charge in [0.25, 0.3) is 5.56 Å². The Morgan fingerprint density at radius 3 is 2.48 bits per heavy atom. The van der Waals surface area contributed by atoms with Gasteiger partial charge in [-0.25, -0.2) is 4.98 Å². The summed E-state index contributed by atoms with van der Waals surface area (Å²) in [5, 5.41) is 4.57. The molecule has 0 aliphatic carbocycles. The third-order valence-electron chi connectivity index (χ3n) is 5.07. The van der Waals surface area contributed by atoms with Gasteiger partial charge < -0.3 is 4.74 Å². The highest BCUT2D eigenvalue weighted by molar-refractivity contribution is 5.63. The van der Waals surface area contributed by atoms with Crippen molar-refractivity contribution >= 4 is 5.52 Å². The van der Waals surface area contributed by atoms with Gasteiger partial charge >= 0.3 is 0 Å². The Morgan fingerprint density at radius 1 is 1.10 bits per heavy atom. The molecule has 7 nitrogen and oxygen atoms in total. The zero-order chi connectivity index (χ0) is 20.7. The molecular weight excluding hydrogens is 366 g/mol. The lowest BCUT2D eigenvalue weighted by Gasteiger charge is -2.12. The van der Waals surface area contributed by atoms with Crippen LogP contribution in [0.15, 0.2) is 47.7 Å². The lowest BCUT2D eigenvalue weighted by molar-refractivity contribution is 0.430. The smallest absolute Gasteiger partial charge is 0.279 e. The fourth-order valence-corrected chi connectivity index (χ4v) is 3.50. The van der Waals surface area contributed by atoms with Crippen molar-refractivity contribution in [2.24, 2.45) is 14.1 Å². The maximum absolute atomic E-state index is 12.7. The molecule has 0 radical (unpaired) electrons. The Kier molecular flexibility index (Phi) is 4.74. The number of ether oxygens (including phenoxy) is 1. The molecule has 0 aliphatic rings. The molecule has 0 amide bonds. The quantitative estimate of drug-likeness (QED) is 0.517. The van der Waals surface area contributed by atoms with Crippen LogP contribution in [0.5, 0.6) is 11.6 Å². The number of imidazole rings is 1. The van der Waals surface area contributed by atoms with E-state index in [1.807, 2.05) is 66.6 Å². The second kappa shape index (κ2) is 7.24. The van der Waals surface area contributed by atoms with Crippen LogP contribution in [0.1, 0.15) is 38.1 Å². The number of benzene rings is 1. The zero-order valence-corrected chi connectivity index (χ0v) is 17.4. The minimum absolute atomic E-state index is 0.139. The summed E-state index contributed by atoms with van der Waals surface area (Å²) in [6.07, 6.45) is 6.41. The van der Waals surface area contributed by atoms with E-state index in [0.717, 1.165) is 23.5 Å². The number of nitrogens with zero attached hydrogens (tertiary/aromatic N) is 5. The molecule has 4 rings (SSSR count). The molecule has 0 spiro atoms. The van der Waals surface area contributed by atoms with Gasteiger partial charge in [0.1, 0.15) is 17.1 Å². The van der Waals surface area contributed by atoms with Crippen molar-refractivity contribution in [3.05, 3.63) is 64.6 Å². The van der Waals surface area contributed by atoms with Gasteiger partial charge in [-0.05, 0) is 36.2 Å². The van der Waals surface area contributed by atoms with Crippen LogP contribution in [0.4, 0.5) is 0 Å². The predicted molar refractivity (Wildman–Crippen MR) is 113 cm³/mol. The number of hydrogen-bond acceptors (Lipinski definition) is 4. The molecule has 0 atom stereocenters. The van der Waals surface area contributed by atoms with Crippen LogP contribution in [-0.2, 0) is 20.5 Å². The van der Waals surface area contributed by atoms with Crippen molar-refractivity contribution in [2.75, 3.05) is 0 Å². The van der Waals surface area contributed by atoms with Crippen LogP contribution in [-0.4, -0.2) is 23.7 Å². The number of hydrogen-bond donors (Lipinski definition) is 0. The van der Waals surface area contributed by atoms with Crippen LogP contribution >= 0.6 is 0 Å². The maximum Gasteiger partial charge on any atom is 0.279 e. The van der Waals surface area contributed by atoms with Crippen LogP contribution in [0.2, 0.25) is 0 Å². The summed E-state index contributed by atoms with van der Waals surface area (Å²) in [5.41, 5.74) is 3.63. The Morgan fingerprint density at radius 2 is 1.83 bits per heavy atom. The normalized spacial score (nSPS) is 11.5. The highest BCUT2D eigenvalue weighted by Crippen LogP contribution is 2.27. The minimum atomic E-state index is -0.139. The number of fused-ring (bicyclic) bond motifs is 1. The van der Waals surface area contributed by atoms with Crippen LogP contribution in [0.25, 0.3) is 16.8 Å². The summed E-state index contributed by atoms with van der Waals surface area (Å²) < 4.78 is 11.2. The van der Waals surface area contributed by atoms with Gasteiger partial charge in [0, 0.05) is 31.8 Å². The molecule has 0 N–H and O–H groups in total. The summed E-state index contributed by atoms with van der Waals surface area (Å²) in [7, 11) is 3.63. The van der Waals surface area contributed by atoms with E-state index < -0.39 is 0 Å². The molecule has 7 heteroatoms. The molecule has 29 heavy (non-hydrogen) atoms. The zero-order valence-electron chi connectivity index (χ0n) is 17.4. The van der Waals surface area contributed by atoms with Crippen molar-refractivity contribution < 1.29 is 4.74 Å². The fraction of sp³-hybridized carbons (Fsp3) is 0.318. The highest BCUT2D eigenvalue weighted by Gasteiger charge is 2.15. The summed E-state index contributed by atoms with van der Waals surface area (Å²) in [4.78, 5) is 17.1. The van der Waals surface area contributed by atoms with E-state index >= 15 is 0 Å². The SMILES string of the molecule is CCc1cn(C)nc1-c1ccc(Oc2cn3c(C(C)C)ncc3c(=O)n2C)cc1.